The first-order chi connectivity index (χ1) is 10.1. The van der Waals surface area contributed by atoms with Gasteiger partial charge in [-0.3, -0.25) is 9.59 Å². The van der Waals surface area contributed by atoms with Crippen molar-refractivity contribution in [2.45, 2.75) is 57.6 Å². The molecule has 2 fully saturated rings. The molecule has 0 aromatic carbocycles. The summed E-state index contributed by atoms with van der Waals surface area (Å²) in [5.41, 5.74) is -0.577. The molecule has 22 heavy (non-hydrogen) atoms. The molecule has 2 saturated heterocycles. The molecular weight excluding hydrogens is 294 g/mol. The Hall–Kier alpha value is -1.24. The molecule has 0 aromatic heterocycles. The number of nitrogens with one attached hydrogen (secondary N) is 1. The van der Waals surface area contributed by atoms with Crippen molar-refractivity contribution in [1.29, 1.82) is 0 Å². The molecule has 0 unspecified atom stereocenters. The Bertz CT molecular complexity index is 449. The molecule has 1 amide bonds. The summed E-state index contributed by atoms with van der Waals surface area (Å²) in [6.07, 6.45) is -0.397. The molecule has 0 aliphatic carbocycles. The monoisotopic (exact) mass is 318 g/mol. The zero-order chi connectivity index (χ0) is 16.5. The number of amides is 1. The zero-order valence-corrected chi connectivity index (χ0v) is 13.3. The van der Waals surface area contributed by atoms with E-state index in [9.17, 15) is 18.4 Å². The Morgan fingerprint density at radius 2 is 2.09 bits per heavy atom. The van der Waals surface area contributed by atoms with Gasteiger partial charge in [-0.05, 0) is 20.8 Å². The average Bonchev–Trinajstić information content (AvgIpc) is 2.77. The van der Waals surface area contributed by atoms with E-state index in [1.54, 1.807) is 20.8 Å². The van der Waals surface area contributed by atoms with Gasteiger partial charge in [0.1, 0.15) is 5.60 Å². The van der Waals surface area contributed by atoms with Gasteiger partial charge in [0.15, 0.2) is 0 Å². The second-order valence-corrected chi connectivity index (χ2v) is 7.15. The Labute approximate surface area is 129 Å². The van der Waals surface area contributed by atoms with Crippen molar-refractivity contribution in [2.24, 2.45) is 5.92 Å². The molecule has 2 aliphatic heterocycles. The molecule has 2 rings (SSSR count). The second-order valence-electron chi connectivity index (χ2n) is 7.15. The first-order valence-electron chi connectivity index (χ1n) is 7.67. The second kappa shape index (κ2) is 6.10. The maximum atomic E-state index is 13.6. The largest absolute Gasteiger partial charge is 0.460 e. The van der Waals surface area contributed by atoms with Crippen LogP contribution in [0, 0.1) is 5.92 Å². The third-order valence-corrected chi connectivity index (χ3v) is 3.98. The van der Waals surface area contributed by atoms with Gasteiger partial charge in [-0.2, -0.15) is 0 Å². The fourth-order valence-electron chi connectivity index (χ4n) is 3.04. The van der Waals surface area contributed by atoms with Crippen LogP contribution in [0.2, 0.25) is 0 Å². The van der Waals surface area contributed by atoms with Gasteiger partial charge < -0.3 is 15.0 Å². The van der Waals surface area contributed by atoms with Crippen LogP contribution in [-0.2, 0) is 14.3 Å². The molecule has 0 radical (unpaired) electrons. The Morgan fingerprint density at radius 3 is 2.73 bits per heavy atom. The van der Waals surface area contributed by atoms with E-state index in [1.807, 2.05) is 0 Å². The van der Waals surface area contributed by atoms with E-state index in [1.165, 1.54) is 4.90 Å². The predicted molar refractivity (Wildman–Crippen MR) is 76.5 cm³/mol. The molecular formula is C15H24F2N2O3. The number of likely N-dealkylation sites (tertiary alicyclic amines) is 1. The van der Waals surface area contributed by atoms with Crippen molar-refractivity contribution >= 4 is 11.9 Å². The number of ether oxygens (including phenoxy) is 1. The molecule has 2 aliphatic rings. The first-order valence-corrected chi connectivity index (χ1v) is 7.67. The van der Waals surface area contributed by atoms with Gasteiger partial charge in [0.25, 0.3) is 5.92 Å². The van der Waals surface area contributed by atoms with Gasteiger partial charge in [0, 0.05) is 37.9 Å². The summed E-state index contributed by atoms with van der Waals surface area (Å²) in [6.45, 7) is 5.76. The van der Waals surface area contributed by atoms with Gasteiger partial charge in [-0.15, -0.1) is 0 Å². The molecule has 0 saturated carbocycles. The first kappa shape index (κ1) is 17.1. The molecule has 0 aromatic rings. The molecule has 2 atom stereocenters. The van der Waals surface area contributed by atoms with Crippen LogP contribution in [0.3, 0.4) is 0 Å². The van der Waals surface area contributed by atoms with Gasteiger partial charge in [-0.1, -0.05) is 0 Å². The Kier molecular flexibility index (Phi) is 4.75. The van der Waals surface area contributed by atoms with Crippen molar-refractivity contribution < 1.29 is 23.1 Å². The molecule has 2 heterocycles. The number of hydrogen-bond donors (Lipinski definition) is 1. The van der Waals surface area contributed by atoms with E-state index in [-0.39, 0.29) is 43.1 Å². The fraction of sp³-hybridized carbons (Fsp3) is 0.867. The molecule has 1 N–H and O–H groups in total. The molecule has 0 spiro atoms. The van der Waals surface area contributed by atoms with Crippen LogP contribution in [0.5, 0.6) is 0 Å². The van der Waals surface area contributed by atoms with Gasteiger partial charge >= 0.3 is 5.97 Å². The lowest BCUT2D eigenvalue weighted by molar-refractivity contribution is -0.159. The van der Waals surface area contributed by atoms with Crippen LogP contribution in [0.1, 0.15) is 40.0 Å². The minimum atomic E-state index is -2.84. The quantitative estimate of drug-likeness (QED) is 0.803. The van der Waals surface area contributed by atoms with Crippen LogP contribution in [-0.4, -0.2) is 54.0 Å². The summed E-state index contributed by atoms with van der Waals surface area (Å²) in [7, 11) is 0. The van der Waals surface area contributed by atoms with Crippen LogP contribution >= 0.6 is 0 Å². The average molecular weight is 318 g/mol. The summed E-state index contributed by atoms with van der Waals surface area (Å²) >= 11 is 0. The predicted octanol–water partition coefficient (Wildman–Crippen LogP) is 1.56. The normalized spacial score (nSPS) is 28.8. The Morgan fingerprint density at radius 1 is 1.41 bits per heavy atom. The summed E-state index contributed by atoms with van der Waals surface area (Å²) < 4.78 is 32.5. The summed E-state index contributed by atoms with van der Waals surface area (Å²) in [5, 5.41) is 3.09. The van der Waals surface area contributed by atoms with Crippen molar-refractivity contribution in [3.63, 3.8) is 0 Å². The van der Waals surface area contributed by atoms with Crippen molar-refractivity contribution in [3.05, 3.63) is 0 Å². The van der Waals surface area contributed by atoms with Crippen molar-refractivity contribution in [2.75, 3.05) is 19.6 Å². The van der Waals surface area contributed by atoms with Crippen LogP contribution in [0.15, 0.2) is 0 Å². The summed E-state index contributed by atoms with van der Waals surface area (Å²) in [5.74, 6) is -3.64. The minimum absolute atomic E-state index is 0.129. The number of halogens is 2. The van der Waals surface area contributed by atoms with E-state index in [0.717, 1.165) is 0 Å². The van der Waals surface area contributed by atoms with Crippen LogP contribution in [0.25, 0.3) is 0 Å². The smallest absolute Gasteiger partial charge is 0.306 e. The molecule has 5 nitrogen and oxygen atoms in total. The zero-order valence-electron chi connectivity index (χ0n) is 13.3. The molecule has 126 valence electrons. The highest BCUT2D eigenvalue weighted by molar-refractivity contribution is 5.78. The van der Waals surface area contributed by atoms with E-state index in [4.69, 9.17) is 4.74 Å². The van der Waals surface area contributed by atoms with E-state index in [2.05, 4.69) is 5.32 Å². The summed E-state index contributed by atoms with van der Waals surface area (Å²) in [6, 6.07) is -0.369. The highest BCUT2D eigenvalue weighted by Crippen LogP contribution is 2.32. The number of rotatable bonds is 3. The van der Waals surface area contributed by atoms with Crippen LogP contribution < -0.4 is 5.32 Å². The minimum Gasteiger partial charge on any atom is -0.460 e. The maximum Gasteiger partial charge on any atom is 0.306 e. The topological polar surface area (TPSA) is 58.6 Å². The third kappa shape index (κ3) is 4.38. The SMILES string of the molecule is CC(C)(C)OC(=O)C[C@H]1CNC[C@@H]1N1CC(F)(F)CCC1=O. The molecule has 7 heteroatoms. The lowest BCUT2D eigenvalue weighted by Gasteiger charge is -2.38. The van der Waals surface area contributed by atoms with Crippen molar-refractivity contribution in [3.8, 4) is 0 Å². The van der Waals surface area contributed by atoms with E-state index in [0.29, 0.717) is 13.1 Å². The van der Waals surface area contributed by atoms with Crippen molar-refractivity contribution in [1.82, 2.24) is 10.2 Å². The number of nitrogens with zero attached hydrogens (tertiary/aromatic N) is 1. The Balaban J connectivity index is 2.01. The lowest BCUT2D eigenvalue weighted by Crippen LogP contribution is -2.53. The number of piperidine rings is 1. The number of hydrogen-bond acceptors (Lipinski definition) is 4. The van der Waals surface area contributed by atoms with Gasteiger partial charge in [0.05, 0.1) is 13.0 Å². The number of alkyl halides is 2. The third-order valence-electron chi connectivity index (χ3n) is 3.98. The molecule has 0 bridgehead atoms. The fourth-order valence-corrected chi connectivity index (χ4v) is 3.04. The van der Waals surface area contributed by atoms with Gasteiger partial charge in [0.2, 0.25) is 5.91 Å². The van der Waals surface area contributed by atoms with E-state index < -0.39 is 18.1 Å². The summed E-state index contributed by atoms with van der Waals surface area (Å²) in [4.78, 5) is 25.2. The highest BCUT2D eigenvalue weighted by atomic mass is 19.3. The number of carbonyl (C=O) groups excluding carboxylic acids is 2. The van der Waals surface area contributed by atoms with E-state index >= 15 is 0 Å². The van der Waals surface area contributed by atoms with Gasteiger partial charge in [-0.25, -0.2) is 8.78 Å². The number of carbonyl (C=O) groups is 2. The number of esters is 1. The standard InChI is InChI=1S/C15H24F2N2O3/c1-14(2,3)22-13(21)6-10-7-18-8-11(10)19-9-15(16,17)5-4-12(19)20/h10-11,18H,4-9H2,1-3H3/t10-,11-/m0/s1. The maximum absolute atomic E-state index is 13.6. The lowest BCUT2D eigenvalue weighted by atomic mass is 9.95. The van der Waals surface area contributed by atoms with Crippen LogP contribution in [0.4, 0.5) is 8.78 Å². The highest BCUT2D eigenvalue weighted by Gasteiger charge is 2.45.